The Hall–Kier alpha value is -2.22. The third-order valence-corrected chi connectivity index (χ3v) is 6.28. The standard InChI is InChI=1S/C19H16Cl2N4O2S/c20-13-2-1-12(9-14(13)21)19(27)25-6-3-11(4-7-25)17-23-15(10-16(26)24-17)18-22-5-8-28-18/h1-2,5,8-11H,3-4,6-7H2,(H,23,24,26). The minimum absolute atomic E-state index is 0.0741. The third-order valence-electron chi connectivity index (χ3n) is 4.75. The molecule has 0 atom stereocenters. The van der Waals surface area contributed by atoms with Crippen LogP contribution in [0.2, 0.25) is 10.0 Å². The van der Waals surface area contributed by atoms with Crippen LogP contribution in [0.15, 0.2) is 40.6 Å². The van der Waals surface area contributed by atoms with Gasteiger partial charge in [-0.05, 0) is 31.0 Å². The van der Waals surface area contributed by atoms with Gasteiger partial charge >= 0.3 is 0 Å². The van der Waals surface area contributed by atoms with Crippen LogP contribution in [-0.4, -0.2) is 38.8 Å². The summed E-state index contributed by atoms with van der Waals surface area (Å²) in [6.45, 7) is 1.16. The number of piperidine rings is 1. The lowest BCUT2D eigenvalue weighted by molar-refractivity contribution is 0.0711. The Morgan fingerprint density at radius 3 is 2.64 bits per heavy atom. The highest BCUT2D eigenvalue weighted by atomic mass is 35.5. The summed E-state index contributed by atoms with van der Waals surface area (Å²) in [6.07, 6.45) is 3.13. The molecule has 0 spiro atoms. The van der Waals surface area contributed by atoms with Gasteiger partial charge in [0.15, 0.2) is 0 Å². The molecule has 3 heterocycles. The van der Waals surface area contributed by atoms with Crippen molar-refractivity contribution in [3.05, 3.63) is 67.6 Å². The first kappa shape index (κ1) is 19.1. The summed E-state index contributed by atoms with van der Waals surface area (Å²) in [6, 6.07) is 6.36. The number of halogens is 2. The number of H-pyrrole nitrogens is 1. The molecular weight excluding hydrogens is 419 g/mol. The maximum atomic E-state index is 12.7. The molecule has 1 saturated heterocycles. The second kappa shape index (κ2) is 8.03. The van der Waals surface area contributed by atoms with E-state index in [1.54, 1.807) is 29.3 Å². The van der Waals surface area contributed by atoms with E-state index in [0.717, 1.165) is 17.8 Å². The molecule has 1 fully saturated rings. The van der Waals surface area contributed by atoms with Gasteiger partial charge in [-0.15, -0.1) is 11.3 Å². The van der Waals surface area contributed by atoms with Crippen molar-refractivity contribution in [2.75, 3.05) is 13.1 Å². The Morgan fingerprint density at radius 1 is 1.18 bits per heavy atom. The first-order valence-corrected chi connectivity index (χ1v) is 10.4. The average Bonchev–Trinajstić information content (AvgIpc) is 3.24. The number of rotatable bonds is 3. The normalized spacial score (nSPS) is 15.0. The number of thiazole rings is 1. The number of nitrogens with zero attached hydrogens (tertiary/aromatic N) is 3. The van der Waals surface area contributed by atoms with Gasteiger partial charge in [-0.3, -0.25) is 9.59 Å². The molecule has 144 valence electrons. The molecule has 1 aliphatic heterocycles. The van der Waals surface area contributed by atoms with E-state index in [0.29, 0.717) is 40.2 Å². The number of carbonyl (C=O) groups excluding carboxylic acids is 1. The van der Waals surface area contributed by atoms with Crippen LogP contribution >= 0.6 is 34.5 Å². The molecule has 0 saturated carbocycles. The number of nitrogens with one attached hydrogen (secondary N) is 1. The zero-order valence-electron chi connectivity index (χ0n) is 14.7. The van der Waals surface area contributed by atoms with Gasteiger partial charge in [-0.25, -0.2) is 9.97 Å². The van der Waals surface area contributed by atoms with Crippen LogP contribution in [0.25, 0.3) is 10.7 Å². The van der Waals surface area contributed by atoms with E-state index in [2.05, 4.69) is 15.0 Å². The number of benzene rings is 1. The van der Waals surface area contributed by atoms with Crippen molar-refractivity contribution in [3.63, 3.8) is 0 Å². The summed E-state index contributed by atoms with van der Waals surface area (Å²) >= 11 is 13.4. The topological polar surface area (TPSA) is 79.0 Å². The molecule has 2 aromatic heterocycles. The van der Waals surface area contributed by atoms with Crippen molar-refractivity contribution in [2.24, 2.45) is 0 Å². The molecule has 1 aliphatic rings. The lowest BCUT2D eigenvalue weighted by Gasteiger charge is -2.31. The zero-order chi connectivity index (χ0) is 19.7. The Bertz CT molecular complexity index is 1060. The molecule has 1 amide bonds. The first-order chi connectivity index (χ1) is 13.5. The molecule has 6 nitrogen and oxygen atoms in total. The van der Waals surface area contributed by atoms with Crippen LogP contribution in [0.1, 0.15) is 34.9 Å². The van der Waals surface area contributed by atoms with Gasteiger partial charge in [-0.1, -0.05) is 23.2 Å². The van der Waals surface area contributed by atoms with E-state index in [4.69, 9.17) is 23.2 Å². The second-order valence-corrected chi connectivity index (χ2v) is 8.26. The van der Waals surface area contributed by atoms with Gasteiger partial charge in [0, 0.05) is 42.2 Å². The molecule has 0 radical (unpaired) electrons. The predicted octanol–water partition coefficient (Wildman–Crippen LogP) is 4.22. The molecule has 0 bridgehead atoms. The fraction of sp³-hybridized carbons (Fsp3) is 0.263. The SMILES string of the molecule is O=C(c1ccc(Cl)c(Cl)c1)N1CCC(c2nc(-c3nccs3)cc(=O)[nH]2)CC1. The van der Waals surface area contributed by atoms with E-state index < -0.39 is 0 Å². The highest BCUT2D eigenvalue weighted by Crippen LogP contribution is 2.29. The van der Waals surface area contributed by atoms with Crippen molar-refractivity contribution < 1.29 is 4.79 Å². The molecule has 1 aromatic carbocycles. The maximum Gasteiger partial charge on any atom is 0.253 e. The van der Waals surface area contributed by atoms with E-state index in [1.807, 2.05) is 5.38 Å². The van der Waals surface area contributed by atoms with Gasteiger partial charge in [-0.2, -0.15) is 0 Å². The number of aromatic amines is 1. The maximum absolute atomic E-state index is 12.7. The van der Waals surface area contributed by atoms with Crippen LogP contribution < -0.4 is 5.56 Å². The Morgan fingerprint density at radius 2 is 1.96 bits per heavy atom. The summed E-state index contributed by atoms with van der Waals surface area (Å²) in [4.78, 5) is 38.2. The van der Waals surface area contributed by atoms with E-state index in [-0.39, 0.29) is 17.4 Å². The first-order valence-electron chi connectivity index (χ1n) is 8.77. The molecule has 0 unspecified atom stereocenters. The van der Waals surface area contributed by atoms with Crippen molar-refractivity contribution in [1.82, 2.24) is 19.9 Å². The van der Waals surface area contributed by atoms with E-state index in [1.165, 1.54) is 17.4 Å². The number of likely N-dealkylation sites (tertiary alicyclic amines) is 1. The smallest absolute Gasteiger partial charge is 0.253 e. The zero-order valence-corrected chi connectivity index (χ0v) is 17.0. The third kappa shape index (κ3) is 3.97. The van der Waals surface area contributed by atoms with Gasteiger partial charge in [0.25, 0.3) is 11.5 Å². The van der Waals surface area contributed by atoms with Gasteiger partial charge in [0.2, 0.25) is 0 Å². The van der Waals surface area contributed by atoms with Gasteiger partial charge in [0.1, 0.15) is 16.5 Å². The summed E-state index contributed by atoms with van der Waals surface area (Å²) < 4.78 is 0. The van der Waals surface area contributed by atoms with Gasteiger partial charge in [0.05, 0.1) is 10.0 Å². The Balaban J connectivity index is 1.48. The van der Waals surface area contributed by atoms with Crippen LogP contribution in [0.4, 0.5) is 0 Å². The summed E-state index contributed by atoms with van der Waals surface area (Å²) in [7, 11) is 0. The lowest BCUT2D eigenvalue weighted by Crippen LogP contribution is -2.38. The van der Waals surface area contributed by atoms with E-state index in [9.17, 15) is 9.59 Å². The molecular formula is C19H16Cl2N4O2S. The van der Waals surface area contributed by atoms with Crippen LogP contribution in [0.5, 0.6) is 0 Å². The summed E-state index contributed by atoms with van der Waals surface area (Å²) in [5, 5.41) is 3.36. The number of hydrogen-bond acceptors (Lipinski definition) is 5. The monoisotopic (exact) mass is 434 g/mol. The predicted molar refractivity (Wildman–Crippen MR) is 110 cm³/mol. The largest absolute Gasteiger partial charge is 0.339 e. The average molecular weight is 435 g/mol. The van der Waals surface area contributed by atoms with Gasteiger partial charge < -0.3 is 9.88 Å². The molecule has 28 heavy (non-hydrogen) atoms. The number of aromatic nitrogens is 3. The molecule has 4 rings (SSSR count). The van der Waals surface area contributed by atoms with Crippen LogP contribution in [0.3, 0.4) is 0 Å². The Kier molecular flexibility index (Phi) is 5.48. The number of carbonyl (C=O) groups is 1. The molecule has 3 aromatic rings. The minimum atomic E-state index is -0.190. The molecule has 9 heteroatoms. The van der Waals surface area contributed by atoms with Crippen LogP contribution in [0, 0.1) is 0 Å². The highest BCUT2D eigenvalue weighted by Gasteiger charge is 2.26. The fourth-order valence-corrected chi connectivity index (χ4v) is 4.19. The summed E-state index contributed by atoms with van der Waals surface area (Å²) in [5.41, 5.74) is 0.915. The quantitative estimate of drug-likeness (QED) is 0.668. The van der Waals surface area contributed by atoms with E-state index >= 15 is 0 Å². The lowest BCUT2D eigenvalue weighted by atomic mass is 9.95. The molecule has 1 N–H and O–H groups in total. The van der Waals surface area contributed by atoms with Crippen molar-refractivity contribution in [1.29, 1.82) is 0 Å². The van der Waals surface area contributed by atoms with Crippen molar-refractivity contribution in [2.45, 2.75) is 18.8 Å². The summed E-state index contributed by atoms with van der Waals surface area (Å²) in [5.74, 6) is 0.666. The second-order valence-electron chi connectivity index (χ2n) is 6.55. The number of hydrogen-bond donors (Lipinski definition) is 1. The van der Waals surface area contributed by atoms with Crippen molar-refractivity contribution >= 4 is 40.4 Å². The fourth-order valence-electron chi connectivity index (χ4n) is 3.30. The van der Waals surface area contributed by atoms with Crippen molar-refractivity contribution in [3.8, 4) is 10.7 Å². The number of amides is 1. The molecule has 0 aliphatic carbocycles. The van der Waals surface area contributed by atoms with Crippen LogP contribution in [-0.2, 0) is 0 Å². The minimum Gasteiger partial charge on any atom is -0.339 e. The Labute approximate surface area is 175 Å². The highest BCUT2D eigenvalue weighted by molar-refractivity contribution is 7.13.